The van der Waals surface area contributed by atoms with E-state index < -0.39 is 38.6 Å². The first-order chi connectivity index (χ1) is 27.1. The van der Waals surface area contributed by atoms with Gasteiger partial charge in [-0.05, 0) is 50.9 Å². The number of carbonyl (C=O) groups is 2. The van der Waals surface area contributed by atoms with Crippen molar-refractivity contribution in [2.45, 2.75) is 187 Å². The normalized spacial score (nSPS) is 14.3. The lowest BCUT2D eigenvalue weighted by atomic mass is 9.99. The van der Waals surface area contributed by atoms with Gasteiger partial charge in [0.25, 0.3) is 0 Å². The summed E-state index contributed by atoms with van der Waals surface area (Å²) in [4.78, 5) is 42.9. The van der Waals surface area contributed by atoms with Crippen LogP contribution in [0.4, 0.5) is 0 Å². The van der Waals surface area contributed by atoms with Crippen molar-refractivity contribution in [3.63, 3.8) is 0 Å². The van der Waals surface area contributed by atoms with Gasteiger partial charge in [0.05, 0.1) is 12.7 Å². The first kappa shape index (κ1) is 53.5. The Morgan fingerprint density at radius 1 is 0.625 bits per heavy atom. The molecule has 0 aromatic heterocycles. The molecule has 56 heavy (non-hydrogen) atoms. The Hall–Kier alpha value is -2.55. The van der Waals surface area contributed by atoms with Crippen molar-refractivity contribution in [3.8, 4) is 0 Å². The number of rotatable bonds is 38. The van der Waals surface area contributed by atoms with Crippen molar-refractivity contribution in [1.82, 2.24) is 0 Å². The molecule has 0 saturated heterocycles. The molecule has 0 amide bonds. The number of phosphoric acid groups is 1. The van der Waals surface area contributed by atoms with Gasteiger partial charge in [-0.3, -0.25) is 14.1 Å². The number of allylic oxidation sites excluding steroid dienone is 10. The van der Waals surface area contributed by atoms with Gasteiger partial charge < -0.3 is 24.4 Å². The van der Waals surface area contributed by atoms with Gasteiger partial charge in [0, 0.05) is 12.8 Å². The zero-order valence-corrected chi connectivity index (χ0v) is 36.2. The second-order valence-corrected chi connectivity index (χ2v) is 16.0. The number of hydrogen-bond acceptors (Lipinski definition) is 7. The Morgan fingerprint density at radius 2 is 1.16 bits per heavy atom. The minimum Gasteiger partial charge on any atom is -0.462 e. The SMILES string of the molecule is CC/C=C\CC(O)/C=C/C=C/C/C=C\C/C=C\C/C=C\CCC(=O)OC[C@H](COP(=O)(O)O)OC(=O)CCCCCCCCCCCCCCCCC(C)CC. The molecule has 0 aliphatic rings. The van der Waals surface area contributed by atoms with E-state index in [1.54, 1.807) is 6.08 Å². The minimum atomic E-state index is -4.78. The fraction of sp³-hybridized carbons (Fsp3) is 0.696. The Balaban J connectivity index is 4.07. The molecule has 0 aliphatic heterocycles. The fourth-order valence-corrected chi connectivity index (χ4v) is 6.11. The first-order valence-electron chi connectivity index (χ1n) is 21.7. The minimum absolute atomic E-state index is 0.124. The number of esters is 2. The van der Waals surface area contributed by atoms with Crippen LogP contribution in [0.2, 0.25) is 0 Å². The van der Waals surface area contributed by atoms with Gasteiger partial charge in [0.15, 0.2) is 6.10 Å². The molecule has 322 valence electrons. The van der Waals surface area contributed by atoms with E-state index in [0.29, 0.717) is 19.3 Å². The van der Waals surface area contributed by atoms with Gasteiger partial charge in [-0.25, -0.2) is 4.57 Å². The topological polar surface area (TPSA) is 140 Å². The molecule has 0 rings (SSSR count). The number of aliphatic hydroxyl groups is 1. The number of hydrogen-bond donors (Lipinski definition) is 3. The highest BCUT2D eigenvalue weighted by atomic mass is 31.2. The first-order valence-corrected chi connectivity index (χ1v) is 23.3. The largest absolute Gasteiger partial charge is 0.469 e. The van der Waals surface area contributed by atoms with Crippen LogP contribution >= 0.6 is 7.82 Å². The molecule has 0 fully saturated rings. The maximum atomic E-state index is 12.4. The molecule has 0 bridgehead atoms. The second kappa shape index (κ2) is 39.3. The van der Waals surface area contributed by atoms with E-state index in [2.05, 4.69) is 43.5 Å². The predicted octanol–water partition coefficient (Wildman–Crippen LogP) is 12.3. The van der Waals surface area contributed by atoms with E-state index in [0.717, 1.165) is 50.9 Å². The van der Waals surface area contributed by atoms with Crippen molar-refractivity contribution in [2.24, 2.45) is 5.92 Å². The van der Waals surface area contributed by atoms with E-state index >= 15 is 0 Å². The highest BCUT2D eigenvalue weighted by Crippen LogP contribution is 2.36. The highest BCUT2D eigenvalue weighted by Gasteiger charge is 2.22. The third-order valence-corrected chi connectivity index (χ3v) is 9.86. The van der Waals surface area contributed by atoms with Crippen LogP contribution in [0.5, 0.6) is 0 Å². The van der Waals surface area contributed by atoms with Crippen LogP contribution in [0, 0.1) is 5.92 Å². The summed E-state index contributed by atoms with van der Waals surface area (Å²) in [5.74, 6) is -0.131. The number of carbonyl (C=O) groups excluding carboxylic acids is 2. The molecule has 0 aromatic rings. The van der Waals surface area contributed by atoms with Gasteiger partial charge in [0.1, 0.15) is 6.61 Å². The molecule has 0 spiro atoms. The third kappa shape index (κ3) is 41.1. The van der Waals surface area contributed by atoms with Gasteiger partial charge in [-0.2, -0.15) is 0 Å². The summed E-state index contributed by atoms with van der Waals surface area (Å²) in [7, 11) is -4.78. The number of unbranched alkanes of at least 4 members (excludes halogenated alkanes) is 13. The number of aliphatic hydroxyl groups excluding tert-OH is 1. The molecule has 0 heterocycles. The molecular formula is C46H79O9P. The maximum Gasteiger partial charge on any atom is 0.469 e. The molecule has 0 aromatic carbocycles. The van der Waals surface area contributed by atoms with Crippen LogP contribution in [-0.4, -0.2) is 52.3 Å². The third-order valence-electron chi connectivity index (χ3n) is 9.37. The average Bonchev–Trinajstić information content (AvgIpc) is 3.16. The van der Waals surface area contributed by atoms with Gasteiger partial charge in [-0.15, -0.1) is 0 Å². The summed E-state index contributed by atoms with van der Waals surface area (Å²) in [5.41, 5.74) is 0. The lowest BCUT2D eigenvalue weighted by molar-refractivity contribution is -0.161. The molecule has 3 N–H and O–H groups in total. The summed E-state index contributed by atoms with van der Waals surface area (Å²) >= 11 is 0. The summed E-state index contributed by atoms with van der Waals surface area (Å²) in [6, 6.07) is 0. The van der Waals surface area contributed by atoms with E-state index in [4.69, 9.17) is 19.3 Å². The number of ether oxygens (including phenoxy) is 2. The summed E-state index contributed by atoms with van der Waals surface area (Å²) < 4.78 is 26.3. The van der Waals surface area contributed by atoms with Crippen LogP contribution in [0.3, 0.4) is 0 Å². The van der Waals surface area contributed by atoms with E-state index in [1.165, 1.54) is 77.0 Å². The molecule has 2 unspecified atom stereocenters. The van der Waals surface area contributed by atoms with Crippen LogP contribution in [0.25, 0.3) is 0 Å². The molecule has 0 radical (unpaired) electrons. The quantitative estimate of drug-likeness (QED) is 0.0183. The van der Waals surface area contributed by atoms with Crippen LogP contribution in [0.1, 0.15) is 175 Å². The lowest BCUT2D eigenvalue weighted by Crippen LogP contribution is -2.29. The van der Waals surface area contributed by atoms with Crippen molar-refractivity contribution < 1.29 is 43.0 Å². The zero-order chi connectivity index (χ0) is 41.4. The van der Waals surface area contributed by atoms with Gasteiger partial charge in [-0.1, -0.05) is 190 Å². The second-order valence-electron chi connectivity index (χ2n) is 14.7. The monoisotopic (exact) mass is 807 g/mol. The smallest absolute Gasteiger partial charge is 0.462 e. The Labute approximate surface area is 341 Å². The lowest BCUT2D eigenvalue weighted by Gasteiger charge is -2.18. The van der Waals surface area contributed by atoms with Crippen molar-refractivity contribution in [2.75, 3.05) is 13.2 Å². The van der Waals surface area contributed by atoms with Gasteiger partial charge >= 0.3 is 19.8 Å². The fourth-order valence-electron chi connectivity index (χ4n) is 5.75. The van der Waals surface area contributed by atoms with E-state index in [-0.39, 0.29) is 19.4 Å². The standard InChI is InChI=1S/C46H79O9P/c1-4-6-30-36-43(47)37-32-27-23-19-15-11-9-13-16-20-24-28-33-38-45(48)53-40-44(41-54-56(50,51)52)55-46(49)39-34-29-25-21-17-12-8-7-10-14-18-22-26-31-35-42(3)5-2/h6,11,13,15-16,23-24,27-28,30,32,37,42-44,47H,4-5,7-10,12,14,17-22,25-26,29,31,33-36,38-41H2,1-3H3,(H2,50,51,52)/b15-11-,16-13-,27-23+,28-24-,30-6-,37-32+/t42?,43?,44-/m1/s1. The van der Waals surface area contributed by atoms with Crippen LogP contribution in [0.15, 0.2) is 72.9 Å². The molecule has 10 heteroatoms. The predicted molar refractivity (Wildman–Crippen MR) is 231 cm³/mol. The van der Waals surface area contributed by atoms with Crippen molar-refractivity contribution >= 4 is 19.8 Å². The van der Waals surface area contributed by atoms with Crippen molar-refractivity contribution in [3.05, 3.63) is 72.9 Å². The summed E-state index contributed by atoms with van der Waals surface area (Å²) in [5, 5.41) is 9.82. The average molecular weight is 807 g/mol. The molecule has 3 atom stereocenters. The Bertz CT molecular complexity index is 1170. The maximum absolute atomic E-state index is 12.4. The van der Waals surface area contributed by atoms with E-state index in [1.807, 2.05) is 48.6 Å². The Morgan fingerprint density at radius 3 is 1.71 bits per heavy atom. The highest BCUT2D eigenvalue weighted by molar-refractivity contribution is 7.46. The van der Waals surface area contributed by atoms with Gasteiger partial charge in [0.2, 0.25) is 0 Å². The van der Waals surface area contributed by atoms with E-state index in [9.17, 15) is 19.3 Å². The zero-order valence-electron chi connectivity index (χ0n) is 35.3. The van der Waals surface area contributed by atoms with Crippen LogP contribution < -0.4 is 0 Å². The number of phosphoric ester groups is 1. The molecular weight excluding hydrogens is 727 g/mol. The summed E-state index contributed by atoms with van der Waals surface area (Å²) in [6.45, 7) is 5.79. The molecule has 0 aliphatic carbocycles. The molecule has 0 saturated carbocycles. The Kier molecular flexibility index (Phi) is 37.5. The van der Waals surface area contributed by atoms with Crippen molar-refractivity contribution in [1.29, 1.82) is 0 Å². The molecule has 9 nitrogen and oxygen atoms in total. The summed E-state index contributed by atoms with van der Waals surface area (Å²) in [6.07, 6.45) is 46.8. The van der Waals surface area contributed by atoms with Crippen LogP contribution in [-0.2, 0) is 28.2 Å².